The Morgan fingerprint density at radius 1 is 1.09 bits per heavy atom. The van der Waals surface area contributed by atoms with E-state index in [0.717, 1.165) is 31.2 Å². The van der Waals surface area contributed by atoms with E-state index in [9.17, 15) is 9.59 Å². The number of anilines is 1. The molecule has 1 aliphatic rings. The number of ether oxygens (including phenoxy) is 1. The molecule has 0 bridgehead atoms. The number of cyclic esters (lactones) is 1. The highest BCUT2D eigenvalue weighted by Gasteiger charge is 2.32. The molecule has 3 aromatic carbocycles. The van der Waals surface area contributed by atoms with Crippen molar-refractivity contribution in [2.45, 2.75) is 22.7 Å². The van der Waals surface area contributed by atoms with Gasteiger partial charge in [-0.2, -0.15) is 0 Å². The van der Waals surface area contributed by atoms with Crippen LogP contribution in [0.1, 0.15) is 28.4 Å². The molecule has 34 heavy (non-hydrogen) atoms. The number of carbonyl (C=O) groups is 2. The highest BCUT2D eigenvalue weighted by atomic mass is 32.2. The molecule has 2 aromatic heterocycles. The number of amides is 1. The Morgan fingerprint density at radius 3 is 2.88 bits per heavy atom. The predicted octanol–water partition coefficient (Wildman–Crippen LogP) is 5.03. The lowest BCUT2D eigenvalue weighted by atomic mass is 10.0. The quantitative estimate of drug-likeness (QED) is 0.265. The van der Waals surface area contributed by atoms with Crippen LogP contribution >= 0.6 is 23.1 Å². The van der Waals surface area contributed by atoms with Crippen molar-refractivity contribution in [3.05, 3.63) is 77.9 Å². The van der Waals surface area contributed by atoms with E-state index in [2.05, 4.69) is 20.6 Å². The molecule has 168 valence electrons. The molecular formula is C24H17N5O3S2. The number of hydrogen-bond acceptors (Lipinski definition) is 8. The zero-order valence-corrected chi connectivity index (χ0v) is 19.3. The first-order valence-electron chi connectivity index (χ1n) is 10.6. The van der Waals surface area contributed by atoms with Gasteiger partial charge >= 0.3 is 5.97 Å². The van der Waals surface area contributed by atoms with E-state index >= 15 is 0 Å². The second-order valence-electron chi connectivity index (χ2n) is 7.75. The number of nitrogens with zero attached hydrogens (tertiary/aromatic N) is 4. The standard InChI is InChI=1S/C24H17N5O3S2/c30-22(12-20-15-5-1-2-6-16(15)23(31)32-20)25-14-9-10-18-21(11-14)34-24(26-18)33-13-29-19-8-4-3-7-17(19)27-28-29/h1-11,20H,12-13H2,(H,25,30). The van der Waals surface area contributed by atoms with Crippen LogP contribution in [-0.2, 0) is 15.4 Å². The van der Waals surface area contributed by atoms with Gasteiger partial charge in [-0.15, -0.1) is 16.4 Å². The van der Waals surface area contributed by atoms with Crippen LogP contribution in [-0.4, -0.2) is 31.9 Å². The van der Waals surface area contributed by atoms with Gasteiger partial charge in [0.2, 0.25) is 5.91 Å². The van der Waals surface area contributed by atoms with Crippen molar-refractivity contribution in [2.24, 2.45) is 0 Å². The number of esters is 1. The Morgan fingerprint density at radius 2 is 1.94 bits per heavy atom. The van der Waals surface area contributed by atoms with Crippen molar-refractivity contribution in [1.29, 1.82) is 0 Å². The third kappa shape index (κ3) is 3.91. The zero-order valence-electron chi connectivity index (χ0n) is 17.7. The number of fused-ring (bicyclic) bond motifs is 3. The van der Waals surface area contributed by atoms with Gasteiger partial charge in [0.05, 0.1) is 33.6 Å². The van der Waals surface area contributed by atoms with Gasteiger partial charge < -0.3 is 10.1 Å². The number of nitrogens with one attached hydrogen (secondary N) is 1. The summed E-state index contributed by atoms with van der Waals surface area (Å²) in [6.07, 6.45) is -0.497. The highest BCUT2D eigenvalue weighted by Crippen LogP contribution is 2.34. The first-order valence-corrected chi connectivity index (χ1v) is 12.4. The fraction of sp³-hybridized carbons (Fsp3) is 0.125. The maximum Gasteiger partial charge on any atom is 0.339 e. The van der Waals surface area contributed by atoms with Crippen LogP contribution in [0.4, 0.5) is 5.69 Å². The second-order valence-corrected chi connectivity index (χ2v) is 9.97. The molecule has 3 heterocycles. The lowest BCUT2D eigenvalue weighted by molar-refractivity contribution is -0.118. The SMILES string of the molecule is O=C(CC1OC(=O)c2ccccc21)Nc1ccc2nc(SCn3nnc4ccccc43)sc2c1. The molecule has 0 saturated carbocycles. The average Bonchev–Trinajstić information content (AvgIpc) is 3.53. The fourth-order valence-corrected chi connectivity index (χ4v) is 5.91. The lowest BCUT2D eigenvalue weighted by Gasteiger charge is -2.11. The maximum atomic E-state index is 12.6. The minimum atomic E-state index is -0.563. The van der Waals surface area contributed by atoms with Crippen LogP contribution in [0.3, 0.4) is 0 Å². The molecule has 0 spiro atoms. The number of aromatic nitrogens is 4. The van der Waals surface area contributed by atoms with Crippen molar-refractivity contribution in [1.82, 2.24) is 20.0 Å². The van der Waals surface area contributed by atoms with Crippen molar-refractivity contribution >= 4 is 61.9 Å². The van der Waals surface area contributed by atoms with E-state index in [4.69, 9.17) is 4.74 Å². The molecule has 10 heteroatoms. The molecule has 1 aliphatic heterocycles. The number of benzene rings is 3. The predicted molar refractivity (Wildman–Crippen MR) is 131 cm³/mol. The first-order chi connectivity index (χ1) is 16.6. The number of thioether (sulfide) groups is 1. The fourth-order valence-electron chi connectivity index (χ4n) is 3.92. The van der Waals surface area contributed by atoms with Crippen molar-refractivity contribution in [3.63, 3.8) is 0 Å². The number of thiazole rings is 1. The number of rotatable bonds is 6. The van der Waals surface area contributed by atoms with Gasteiger partial charge in [0.25, 0.3) is 0 Å². The molecule has 1 atom stereocenters. The highest BCUT2D eigenvalue weighted by molar-refractivity contribution is 8.00. The Hall–Kier alpha value is -3.76. The monoisotopic (exact) mass is 487 g/mol. The summed E-state index contributed by atoms with van der Waals surface area (Å²) in [5.41, 5.74) is 4.67. The van der Waals surface area contributed by atoms with E-state index in [1.165, 1.54) is 0 Å². The van der Waals surface area contributed by atoms with Gasteiger partial charge in [-0.25, -0.2) is 14.5 Å². The molecule has 0 radical (unpaired) electrons. The van der Waals surface area contributed by atoms with Gasteiger partial charge in [0, 0.05) is 11.3 Å². The summed E-state index contributed by atoms with van der Waals surface area (Å²) >= 11 is 3.14. The van der Waals surface area contributed by atoms with E-state index < -0.39 is 6.10 Å². The molecule has 5 aromatic rings. The van der Waals surface area contributed by atoms with Crippen LogP contribution in [0.15, 0.2) is 71.1 Å². The average molecular weight is 488 g/mol. The summed E-state index contributed by atoms with van der Waals surface area (Å²) < 4.78 is 9.11. The van der Waals surface area contributed by atoms with E-state index in [1.807, 2.05) is 59.3 Å². The van der Waals surface area contributed by atoms with Gasteiger partial charge in [0.15, 0.2) is 4.34 Å². The maximum absolute atomic E-state index is 12.6. The summed E-state index contributed by atoms with van der Waals surface area (Å²) in [7, 11) is 0. The Bertz CT molecular complexity index is 1560. The number of para-hydroxylation sites is 1. The molecule has 1 amide bonds. The lowest BCUT2D eigenvalue weighted by Crippen LogP contribution is -2.15. The summed E-state index contributed by atoms with van der Waals surface area (Å²) in [5.74, 6) is 0.000307. The topological polar surface area (TPSA) is 99.0 Å². The number of hydrogen-bond donors (Lipinski definition) is 1. The van der Waals surface area contributed by atoms with E-state index in [0.29, 0.717) is 17.1 Å². The van der Waals surface area contributed by atoms with Crippen molar-refractivity contribution in [2.75, 3.05) is 5.32 Å². The second kappa shape index (κ2) is 8.54. The summed E-state index contributed by atoms with van der Waals surface area (Å²) in [5, 5.41) is 11.3. The van der Waals surface area contributed by atoms with E-state index in [1.54, 1.807) is 35.2 Å². The van der Waals surface area contributed by atoms with Gasteiger partial charge in [-0.3, -0.25) is 4.79 Å². The first kappa shape index (κ1) is 20.8. The third-order valence-electron chi connectivity index (χ3n) is 5.53. The normalized spacial score (nSPS) is 14.9. The van der Waals surface area contributed by atoms with Crippen LogP contribution < -0.4 is 5.32 Å². The molecule has 0 aliphatic carbocycles. The summed E-state index contributed by atoms with van der Waals surface area (Å²) in [6, 6.07) is 20.6. The summed E-state index contributed by atoms with van der Waals surface area (Å²) in [4.78, 5) is 29.3. The smallest absolute Gasteiger partial charge is 0.339 e. The zero-order chi connectivity index (χ0) is 23.1. The Kier molecular flexibility index (Phi) is 5.23. The minimum absolute atomic E-state index is 0.0659. The summed E-state index contributed by atoms with van der Waals surface area (Å²) in [6.45, 7) is 0. The van der Waals surface area contributed by atoms with Crippen molar-refractivity contribution < 1.29 is 14.3 Å². The third-order valence-corrected chi connectivity index (χ3v) is 7.66. The Labute approximate surface area is 201 Å². The molecule has 6 rings (SSSR count). The largest absolute Gasteiger partial charge is 0.453 e. The molecule has 0 saturated heterocycles. The molecule has 0 fully saturated rings. The van der Waals surface area contributed by atoms with E-state index in [-0.39, 0.29) is 18.3 Å². The van der Waals surface area contributed by atoms with Crippen LogP contribution in [0.25, 0.3) is 21.3 Å². The van der Waals surface area contributed by atoms with Crippen LogP contribution in [0.2, 0.25) is 0 Å². The van der Waals surface area contributed by atoms with Crippen LogP contribution in [0.5, 0.6) is 0 Å². The molecular weight excluding hydrogens is 470 g/mol. The Balaban J connectivity index is 1.13. The molecule has 1 N–H and O–H groups in total. The molecule has 8 nitrogen and oxygen atoms in total. The number of carbonyl (C=O) groups excluding carboxylic acids is 2. The van der Waals surface area contributed by atoms with Gasteiger partial charge in [0.1, 0.15) is 11.6 Å². The van der Waals surface area contributed by atoms with Crippen molar-refractivity contribution in [3.8, 4) is 0 Å². The molecule has 1 unspecified atom stereocenters. The van der Waals surface area contributed by atoms with Crippen LogP contribution in [0, 0.1) is 0 Å². The van der Waals surface area contributed by atoms with Gasteiger partial charge in [-0.1, -0.05) is 47.3 Å². The minimum Gasteiger partial charge on any atom is -0.453 e. The van der Waals surface area contributed by atoms with Gasteiger partial charge in [-0.05, 0) is 36.4 Å².